The first-order valence-corrected chi connectivity index (χ1v) is 10.9. The highest BCUT2D eigenvalue weighted by Gasteiger charge is 2.33. The standard InChI is InChI=1S/C24H28FN3O3/c1-3-23(29)28-11-9-21(19(25)14-28)31-20-7-6-17(12-15(20)2)18-8-10-26-22(13-18)27-24(30)16-4-5-16/h6-8,10,12-13,16,19,21H,3-5,9,11,14H2,1-2H3,(H,26,27,30)/t19-,21+/m1/s1. The van der Waals surface area contributed by atoms with E-state index < -0.39 is 12.3 Å². The van der Waals surface area contributed by atoms with Gasteiger partial charge >= 0.3 is 0 Å². The van der Waals surface area contributed by atoms with E-state index in [0.29, 0.717) is 31.0 Å². The molecule has 6 nitrogen and oxygen atoms in total. The molecule has 4 rings (SSSR count). The van der Waals surface area contributed by atoms with Crippen LogP contribution in [-0.4, -0.2) is 47.1 Å². The van der Waals surface area contributed by atoms with Crippen molar-refractivity contribution in [3.63, 3.8) is 0 Å². The fourth-order valence-electron chi connectivity index (χ4n) is 3.84. The highest BCUT2D eigenvalue weighted by molar-refractivity contribution is 5.93. The molecule has 1 aliphatic heterocycles. The Morgan fingerprint density at radius 3 is 2.65 bits per heavy atom. The van der Waals surface area contributed by atoms with Gasteiger partial charge in [-0.3, -0.25) is 9.59 Å². The summed E-state index contributed by atoms with van der Waals surface area (Å²) in [4.78, 5) is 29.6. The van der Waals surface area contributed by atoms with Crippen LogP contribution in [0.2, 0.25) is 0 Å². The summed E-state index contributed by atoms with van der Waals surface area (Å²) >= 11 is 0. The number of halogens is 1. The van der Waals surface area contributed by atoms with E-state index in [1.165, 1.54) is 0 Å². The molecule has 0 unspecified atom stereocenters. The Morgan fingerprint density at radius 1 is 1.19 bits per heavy atom. The number of carbonyl (C=O) groups excluding carboxylic acids is 2. The average molecular weight is 426 g/mol. The van der Waals surface area contributed by atoms with Crippen molar-refractivity contribution in [1.29, 1.82) is 0 Å². The van der Waals surface area contributed by atoms with E-state index in [4.69, 9.17) is 4.74 Å². The molecule has 1 aromatic heterocycles. The number of hydrogen-bond donors (Lipinski definition) is 1. The number of hydrogen-bond acceptors (Lipinski definition) is 4. The van der Waals surface area contributed by atoms with Crippen molar-refractivity contribution < 1.29 is 18.7 Å². The van der Waals surface area contributed by atoms with Gasteiger partial charge in [-0.25, -0.2) is 9.37 Å². The number of alkyl halides is 1. The lowest BCUT2D eigenvalue weighted by atomic mass is 10.0. The van der Waals surface area contributed by atoms with Crippen molar-refractivity contribution >= 4 is 17.6 Å². The molecule has 1 saturated carbocycles. The van der Waals surface area contributed by atoms with Crippen LogP contribution in [0.3, 0.4) is 0 Å². The average Bonchev–Trinajstić information content (AvgIpc) is 3.61. The first kappa shape index (κ1) is 21.3. The van der Waals surface area contributed by atoms with Gasteiger partial charge in [0.2, 0.25) is 11.8 Å². The van der Waals surface area contributed by atoms with Crippen LogP contribution in [0.1, 0.15) is 38.2 Å². The highest BCUT2D eigenvalue weighted by atomic mass is 19.1. The Balaban J connectivity index is 1.43. The van der Waals surface area contributed by atoms with Gasteiger partial charge in [0.15, 0.2) is 6.17 Å². The summed E-state index contributed by atoms with van der Waals surface area (Å²) in [5, 5.41) is 2.87. The number of rotatable bonds is 6. The summed E-state index contributed by atoms with van der Waals surface area (Å²) in [5.41, 5.74) is 2.80. The summed E-state index contributed by atoms with van der Waals surface area (Å²) < 4.78 is 20.6. The number of amides is 2. The topological polar surface area (TPSA) is 71.5 Å². The van der Waals surface area contributed by atoms with Crippen molar-refractivity contribution in [2.24, 2.45) is 5.92 Å². The Bertz CT molecular complexity index is 976. The molecular formula is C24H28FN3O3. The maximum atomic E-state index is 14.6. The summed E-state index contributed by atoms with van der Waals surface area (Å²) in [6.45, 7) is 4.32. The molecule has 2 atom stereocenters. The number of aromatic nitrogens is 1. The van der Waals surface area contributed by atoms with Gasteiger partial charge in [-0.15, -0.1) is 0 Å². The van der Waals surface area contributed by atoms with Gasteiger partial charge in [-0.2, -0.15) is 0 Å². The minimum atomic E-state index is -1.21. The van der Waals surface area contributed by atoms with Gasteiger partial charge in [-0.05, 0) is 60.7 Å². The third-order valence-corrected chi connectivity index (χ3v) is 5.88. The number of aryl methyl sites for hydroxylation is 1. The predicted octanol–water partition coefficient (Wildman–Crippen LogP) is 4.13. The number of ether oxygens (including phenoxy) is 1. The zero-order valence-electron chi connectivity index (χ0n) is 17.9. The van der Waals surface area contributed by atoms with Crippen LogP contribution < -0.4 is 10.1 Å². The fraction of sp³-hybridized carbons (Fsp3) is 0.458. The summed E-state index contributed by atoms with van der Waals surface area (Å²) in [6.07, 6.45) is 2.66. The number of anilines is 1. The zero-order chi connectivity index (χ0) is 22.0. The van der Waals surface area contributed by atoms with Crippen molar-refractivity contribution in [3.05, 3.63) is 42.1 Å². The van der Waals surface area contributed by atoms with Crippen LogP contribution in [0.5, 0.6) is 5.75 Å². The molecule has 1 aromatic carbocycles. The number of likely N-dealkylation sites (tertiary alicyclic amines) is 1. The lowest BCUT2D eigenvalue weighted by molar-refractivity contribution is -0.134. The minimum Gasteiger partial charge on any atom is -0.487 e. The maximum absolute atomic E-state index is 14.6. The van der Waals surface area contributed by atoms with E-state index in [1.54, 1.807) is 18.0 Å². The normalized spacial score (nSPS) is 20.9. The van der Waals surface area contributed by atoms with Crippen LogP contribution in [0.4, 0.5) is 10.2 Å². The van der Waals surface area contributed by atoms with E-state index >= 15 is 0 Å². The number of nitrogens with one attached hydrogen (secondary N) is 1. The van der Waals surface area contributed by atoms with Gasteiger partial charge < -0.3 is 15.0 Å². The molecule has 2 aromatic rings. The Hall–Kier alpha value is -2.96. The second-order valence-electron chi connectivity index (χ2n) is 8.33. The van der Waals surface area contributed by atoms with Gasteiger partial charge in [0.05, 0.1) is 6.54 Å². The number of benzene rings is 1. The van der Waals surface area contributed by atoms with Crippen LogP contribution in [0.15, 0.2) is 36.5 Å². The molecule has 1 aliphatic carbocycles. The zero-order valence-corrected chi connectivity index (χ0v) is 17.9. The van der Waals surface area contributed by atoms with Crippen molar-refractivity contribution in [2.45, 2.75) is 51.8 Å². The van der Waals surface area contributed by atoms with Gasteiger partial charge in [-0.1, -0.05) is 13.0 Å². The van der Waals surface area contributed by atoms with Gasteiger partial charge in [0.25, 0.3) is 0 Å². The Labute approximate surface area is 181 Å². The first-order valence-electron chi connectivity index (χ1n) is 10.9. The van der Waals surface area contributed by atoms with E-state index in [0.717, 1.165) is 29.5 Å². The molecule has 0 radical (unpaired) electrons. The van der Waals surface area contributed by atoms with Gasteiger partial charge in [0.1, 0.15) is 17.7 Å². The Morgan fingerprint density at radius 2 is 1.97 bits per heavy atom. The van der Waals surface area contributed by atoms with E-state index in [-0.39, 0.29) is 24.3 Å². The minimum absolute atomic E-state index is 0.0216. The molecule has 2 amide bonds. The third kappa shape index (κ3) is 5.03. The maximum Gasteiger partial charge on any atom is 0.228 e. The summed E-state index contributed by atoms with van der Waals surface area (Å²) in [7, 11) is 0. The van der Waals surface area contributed by atoms with Crippen molar-refractivity contribution in [2.75, 3.05) is 18.4 Å². The third-order valence-electron chi connectivity index (χ3n) is 5.88. The number of nitrogens with zero attached hydrogens (tertiary/aromatic N) is 2. The molecular weight excluding hydrogens is 397 g/mol. The molecule has 1 saturated heterocycles. The van der Waals surface area contributed by atoms with Crippen molar-refractivity contribution in [3.8, 4) is 16.9 Å². The van der Waals surface area contributed by atoms with E-state index in [1.807, 2.05) is 37.3 Å². The largest absolute Gasteiger partial charge is 0.487 e. The molecule has 31 heavy (non-hydrogen) atoms. The molecule has 2 heterocycles. The van der Waals surface area contributed by atoms with Crippen molar-refractivity contribution in [1.82, 2.24) is 9.88 Å². The molecule has 2 fully saturated rings. The van der Waals surface area contributed by atoms with Crippen LogP contribution >= 0.6 is 0 Å². The number of piperidine rings is 1. The first-order chi connectivity index (χ1) is 14.9. The predicted molar refractivity (Wildman–Crippen MR) is 117 cm³/mol. The quantitative estimate of drug-likeness (QED) is 0.755. The highest BCUT2D eigenvalue weighted by Crippen LogP contribution is 2.32. The second-order valence-corrected chi connectivity index (χ2v) is 8.33. The lowest BCUT2D eigenvalue weighted by Crippen LogP contribution is -2.49. The molecule has 7 heteroatoms. The number of carbonyl (C=O) groups is 2. The van der Waals surface area contributed by atoms with Crippen LogP contribution in [0.25, 0.3) is 11.1 Å². The fourth-order valence-corrected chi connectivity index (χ4v) is 3.84. The number of pyridine rings is 1. The molecule has 1 N–H and O–H groups in total. The lowest BCUT2D eigenvalue weighted by Gasteiger charge is -2.35. The Kier molecular flexibility index (Phi) is 6.20. The summed E-state index contributed by atoms with van der Waals surface area (Å²) in [6, 6.07) is 9.50. The SMILES string of the molecule is CCC(=O)N1CC[C@H](Oc2ccc(-c3ccnc(NC(=O)C4CC4)c3)cc2C)[C@H](F)C1. The van der Waals surface area contributed by atoms with E-state index in [2.05, 4.69) is 10.3 Å². The molecule has 0 bridgehead atoms. The van der Waals surface area contributed by atoms with Crippen LogP contribution in [0, 0.1) is 12.8 Å². The second kappa shape index (κ2) is 9.04. The molecule has 0 spiro atoms. The smallest absolute Gasteiger partial charge is 0.228 e. The van der Waals surface area contributed by atoms with Gasteiger partial charge in [0, 0.05) is 31.5 Å². The monoisotopic (exact) mass is 425 g/mol. The summed E-state index contributed by atoms with van der Waals surface area (Å²) in [5.74, 6) is 1.31. The molecule has 2 aliphatic rings. The molecule has 164 valence electrons. The van der Waals surface area contributed by atoms with Crippen LogP contribution in [-0.2, 0) is 9.59 Å². The van der Waals surface area contributed by atoms with E-state index in [9.17, 15) is 14.0 Å².